The second-order valence-corrected chi connectivity index (χ2v) is 3.23. The van der Waals surface area contributed by atoms with E-state index in [1.165, 1.54) is 0 Å². The van der Waals surface area contributed by atoms with Gasteiger partial charge in [0.1, 0.15) is 0 Å². The van der Waals surface area contributed by atoms with E-state index in [4.69, 9.17) is 16.3 Å². The lowest BCUT2D eigenvalue weighted by Crippen LogP contribution is -2.08. The van der Waals surface area contributed by atoms with Gasteiger partial charge >= 0.3 is 5.97 Å². The zero-order valence-electron chi connectivity index (χ0n) is 8.21. The Kier molecular flexibility index (Phi) is 3.89. The third-order valence-electron chi connectivity index (χ3n) is 1.78. The number of pyridine rings is 1. The molecule has 0 saturated carbocycles. The Balaban J connectivity index is 2.76. The van der Waals surface area contributed by atoms with Gasteiger partial charge in [-0.05, 0) is 25.5 Å². The van der Waals surface area contributed by atoms with Crippen LogP contribution in [0.2, 0.25) is 5.02 Å². The molecular formula is C10H12ClNO2. The number of hydrogen-bond donors (Lipinski definition) is 0. The van der Waals surface area contributed by atoms with Crippen molar-refractivity contribution in [1.82, 2.24) is 4.98 Å². The van der Waals surface area contributed by atoms with Gasteiger partial charge in [-0.3, -0.25) is 9.78 Å². The number of carbonyl (C=O) groups is 1. The van der Waals surface area contributed by atoms with Crippen LogP contribution in [0.25, 0.3) is 0 Å². The van der Waals surface area contributed by atoms with E-state index in [2.05, 4.69) is 4.98 Å². The van der Waals surface area contributed by atoms with Gasteiger partial charge in [0.25, 0.3) is 0 Å². The molecule has 1 rings (SSSR count). The first-order chi connectivity index (χ1) is 6.65. The lowest BCUT2D eigenvalue weighted by molar-refractivity contribution is -0.142. The number of rotatable bonds is 3. The van der Waals surface area contributed by atoms with Crippen molar-refractivity contribution in [2.24, 2.45) is 0 Å². The highest BCUT2D eigenvalue weighted by atomic mass is 35.5. The van der Waals surface area contributed by atoms with Crippen molar-refractivity contribution in [2.45, 2.75) is 20.3 Å². The average Bonchev–Trinajstić information content (AvgIpc) is 2.13. The molecule has 1 heterocycles. The van der Waals surface area contributed by atoms with E-state index in [0.717, 1.165) is 11.3 Å². The molecule has 0 aliphatic carbocycles. The fourth-order valence-corrected chi connectivity index (χ4v) is 1.28. The van der Waals surface area contributed by atoms with Gasteiger partial charge in [0.15, 0.2) is 0 Å². The van der Waals surface area contributed by atoms with Gasteiger partial charge in [-0.25, -0.2) is 0 Å². The second-order valence-electron chi connectivity index (χ2n) is 2.85. The molecule has 0 atom stereocenters. The molecule has 4 heteroatoms. The summed E-state index contributed by atoms with van der Waals surface area (Å²) in [6.07, 6.45) is 1.84. The minimum Gasteiger partial charge on any atom is -0.466 e. The molecule has 0 radical (unpaired) electrons. The fraction of sp³-hybridized carbons (Fsp3) is 0.400. The summed E-state index contributed by atoms with van der Waals surface area (Å²) < 4.78 is 4.82. The molecule has 14 heavy (non-hydrogen) atoms. The van der Waals surface area contributed by atoms with Crippen molar-refractivity contribution in [3.8, 4) is 0 Å². The minimum atomic E-state index is -0.264. The van der Waals surface area contributed by atoms with Crippen LogP contribution in [0.5, 0.6) is 0 Å². The molecule has 0 saturated heterocycles. The smallest absolute Gasteiger partial charge is 0.310 e. The topological polar surface area (TPSA) is 39.2 Å². The van der Waals surface area contributed by atoms with Gasteiger partial charge in [-0.1, -0.05) is 11.6 Å². The van der Waals surface area contributed by atoms with E-state index < -0.39 is 0 Å². The van der Waals surface area contributed by atoms with Crippen LogP contribution in [0.15, 0.2) is 12.3 Å². The van der Waals surface area contributed by atoms with E-state index in [9.17, 15) is 4.79 Å². The molecule has 0 unspecified atom stereocenters. The summed E-state index contributed by atoms with van der Waals surface area (Å²) >= 11 is 5.97. The third kappa shape index (κ3) is 2.70. The number of aromatic nitrogens is 1. The highest BCUT2D eigenvalue weighted by molar-refractivity contribution is 6.32. The van der Waals surface area contributed by atoms with Crippen molar-refractivity contribution >= 4 is 17.6 Å². The highest BCUT2D eigenvalue weighted by Crippen LogP contribution is 2.18. The maximum atomic E-state index is 11.2. The van der Waals surface area contributed by atoms with E-state index in [1.807, 2.05) is 0 Å². The number of aryl methyl sites for hydroxylation is 1. The summed E-state index contributed by atoms with van der Waals surface area (Å²) in [5.74, 6) is -0.264. The molecule has 0 aliphatic rings. The summed E-state index contributed by atoms with van der Waals surface area (Å²) in [7, 11) is 0. The molecule has 76 valence electrons. The van der Waals surface area contributed by atoms with Crippen molar-refractivity contribution in [1.29, 1.82) is 0 Å². The first-order valence-corrected chi connectivity index (χ1v) is 4.78. The predicted molar refractivity (Wildman–Crippen MR) is 54.3 cm³/mol. The summed E-state index contributed by atoms with van der Waals surface area (Å²) in [6.45, 7) is 3.97. The molecule has 0 bridgehead atoms. The van der Waals surface area contributed by atoms with Gasteiger partial charge in [-0.15, -0.1) is 0 Å². The van der Waals surface area contributed by atoms with Gasteiger partial charge < -0.3 is 4.74 Å². The normalized spacial score (nSPS) is 9.93. The maximum absolute atomic E-state index is 11.2. The molecule has 1 aromatic rings. The van der Waals surface area contributed by atoms with E-state index in [1.54, 1.807) is 26.1 Å². The maximum Gasteiger partial charge on any atom is 0.310 e. The van der Waals surface area contributed by atoms with Crippen LogP contribution in [-0.4, -0.2) is 17.6 Å². The SMILES string of the molecule is CCOC(=O)Cc1ccnc(C)c1Cl. The Labute approximate surface area is 88.1 Å². The predicted octanol–water partition coefficient (Wildman–Crippen LogP) is 2.15. The molecule has 0 amide bonds. The Morgan fingerprint density at radius 3 is 3.00 bits per heavy atom. The standard InChI is InChI=1S/C10H12ClNO2/c1-3-14-9(13)6-8-4-5-12-7(2)10(8)11/h4-5H,3,6H2,1-2H3. The van der Waals surface area contributed by atoms with Crippen LogP contribution < -0.4 is 0 Å². The fourth-order valence-electron chi connectivity index (χ4n) is 1.11. The van der Waals surface area contributed by atoms with Crippen molar-refractivity contribution < 1.29 is 9.53 Å². The van der Waals surface area contributed by atoms with Crippen molar-refractivity contribution in [2.75, 3.05) is 6.61 Å². The highest BCUT2D eigenvalue weighted by Gasteiger charge is 2.09. The summed E-state index contributed by atoms with van der Waals surface area (Å²) in [5, 5.41) is 0.542. The quantitative estimate of drug-likeness (QED) is 0.723. The van der Waals surface area contributed by atoms with Gasteiger partial charge in [0.05, 0.1) is 23.7 Å². The Morgan fingerprint density at radius 1 is 1.64 bits per heavy atom. The lowest BCUT2D eigenvalue weighted by Gasteiger charge is -2.05. The molecule has 0 aromatic carbocycles. The lowest BCUT2D eigenvalue weighted by atomic mass is 10.2. The van der Waals surface area contributed by atoms with Crippen LogP contribution in [0.3, 0.4) is 0 Å². The van der Waals surface area contributed by atoms with E-state index in [0.29, 0.717) is 11.6 Å². The van der Waals surface area contributed by atoms with Crippen LogP contribution in [-0.2, 0) is 16.0 Å². The van der Waals surface area contributed by atoms with Crippen LogP contribution in [0.1, 0.15) is 18.2 Å². The van der Waals surface area contributed by atoms with Gasteiger partial charge in [0, 0.05) is 6.20 Å². The van der Waals surface area contributed by atoms with Crippen molar-refractivity contribution in [3.05, 3.63) is 28.5 Å². The number of nitrogens with zero attached hydrogens (tertiary/aromatic N) is 1. The summed E-state index contributed by atoms with van der Waals surface area (Å²) in [6, 6.07) is 1.73. The molecule has 0 fully saturated rings. The summed E-state index contributed by atoms with van der Waals surface area (Å²) in [4.78, 5) is 15.2. The first kappa shape index (κ1) is 11.0. The van der Waals surface area contributed by atoms with Crippen LogP contribution >= 0.6 is 11.6 Å². The number of ether oxygens (including phenoxy) is 1. The van der Waals surface area contributed by atoms with Crippen LogP contribution in [0.4, 0.5) is 0 Å². The average molecular weight is 214 g/mol. The Morgan fingerprint density at radius 2 is 2.36 bits per heavy atom. The second kappa shape index (κ2) is 4.96. The largest absolute Gasteiger partial charge is 0.466 e. The minimum absolute atomic E-state index is 0.204. The van der Waals surface area contributed by atoms with Crippen LogP contribution in [0, 0.1) is 6.92 Å². The zero-order chi connectivity index (χ0) is 10.6. The zero-order valence-corrected chi connectivity index (χ0v) is 8.97. The van der Waals surface area contributed by atoms with Gasteiger partial charge in [0.2, 0.25) is 0 Å². The molecule has 1 aromatic heterocycles. The first-order valence-electron chi connectivity index (χ1n) is 4.40. The number of hydrogen-bond acceptors (Lipinski definition) is 3. The van der Waals surface area contributed by atoms with Crippen molar-refractivity contribution in [3.63, 3.8) is 0 Å². The molecule has 0 N–H and O–H groups in total. The Bertz CT molecular complexity index is 339. The molecule has 0 spiro atoms. The monoisotopic (exact) mass is 213 g/mol. The van der Waals surface area contributed by atoms with Gasteiger partial charge in [-0.2, -0.15) is 0 Å². The third-order valence-corrected chi connectivity index (χ3v) is 2.30. The number of halogens is 1. The summed E-state index contributed by atoms with van der Waals surface area (Å²) in [5.41, 5.74) is 1.49. The molecule has 0 aliphatic heterocycles. The molecule has 3 nitrogen and oxygen atoms in total. The molecular weight excluding hydrogens is 202 g/mol. The van der Waals surface area contributed by atoms with E-state index >= 15 is 0 Å². The number of carbonyl (C=O) groups excluding carboxylic acids is 1. The van der Waals surface area contributed by atoms with E-state index in [-0.39, 0.29) is 12.4 Å². The number of esters is 1. The Hall–Kier alpha value is -1.09.